The number of rotatable bonds is 9. The third kappa shape index (κ3) is 5.71. The molecule has 2 rings (SSSR count). The number of phenols is 1. The fraction of sp³-hybridized carbons (Fsp3) is 0.632. The highest BCUT2D eigenvalue weighted by molar-refractivity contribution is 5.79. The normalized spacial score (nSPS) is 16.5. The standard InChI is InChI=1S/C19H31N3O2/c1-20-18(22-15-19(10-4-11-19)12-14-24-2)21-13-3-5-16-6-8-17(23)9-7-16/h6-9,23H,3-5,10-15H2,1-2H3,(H2,20,21,22). The highest BCUT2D eigenvalue weighted by Crippen LogP contribution is 2.43. The molecule has 0 heterocycles. The van der Waals surface area contributed by atoms with E-state index in [1.54, 1.807) is 19.2 Å². The van der Waals surface area contributed by atoms with Gasteiger partial charge in [-0.3, -0.25) is 4.99 Å². The van der Waals surface area contributed by atoms with Gasteiger partial charge in [-0.2, -0.15) is 0 Å². The molecule has 24 heavy (non-hydrogen) atoms. The van der Waals surface area contributed by atoms with Gasteiger partial charge in [0, 0.05) is 33.9 Å². The second-order valence-electron chi connectivity index (χ2n) is 6.72. The van der Waals surface area contributed by atoms with Crippen LogP contribution in [0.4, 0.5) is 0 Å². The molecule has 1 aliphatic carbocycles. The quantitative estimate of drug-likeness (QED) is 0.369. The zero-order valence-electron chi connectivity index (χ0n) is 15.0. The van der Waals surface area contributed by atoms with E-state index in [1.807, 2.05) is 19.2 Å². The van der Waals surface area contributed by atoms with Gasteiger partial charge in [-0.05, 0) is 55.2 Å². The maximum absolute atomic E-state index is 9.29. The van der Waals surface area contributed by atoms with Crippen LogP contribution in [-0.2, 0) is 11.2 Å². The summed E-state index contributed by atoms with van der Waals surface area (Å²) in [5.74, 6) is 1.20. The van der Waals surface area contributed by atoms with Crippen LogP contribution in [0.25, 0.3) is 0 Å². The number of ether oxygens (including phenoxy) is 1. The van der Waals surface area contributed by atoms with Gasteiger partial charge in [0.25, 0.3) is 0 Å². The Labute approximate surface area is 145 Å². The third-order valence-corrected chi connectivity index (χ3v) is 4.98. The summed E-state index contributed by atoms with van der Waals surface area (Å²) in [6, 6.07) is 7.42. The first-order valence-electron chi connectivity index (χ1n) is 8.89. The number of nitrogens with zero attached hydrogens (tertiary/aromatic N) is 1. The predicted molar refractivity (Wildman–Crippen MR) is 98.6 cm³/mol. The molecule has 0 bridgehead atoms. The van der Waals surface area contributed by atoms with Crippen molar-refractivity contribution in [1.82, 2.24) is 10.6 Å². The summed E-state index contributed by atoms with van der Waals surface area (Å²) in [4.78, 5) is 4.32. The largest absolute Gasteiger partial charge is 0.508 e. The Morgan fingerprint density at radius 3 is 2.58 bits per heavy atom. The molecule has 0 saturated heterocycles. The molecule has 0 spiro atoms. The van der Waals surface area contributed by atoms with E-state index in [0.717, 1.165) is 44.9 Å². The molecule has 0 amide bonds. The van der Waals surface area contributed by atoms with Crippen LogP contribution in [0.3, 0.4) is 0 Å². The number of aromatic hydroxyl groups is 1. The van der Waals surface area contributed by atoms with Crippen molar-refractivity contribution in [3.05, 3.63) is 29.8 Å². The van der Waals surface area contributed by atoms with Crippen LogP contribution in [0.1, 0.15) is 37.7 Å². The molecule has 134 valence electrons. The van der Waals surface area contributed by atoms with Crippen LogP contribution in [0, 0.1) is 5.41 Å². The lowest BCUT2D eigenvalue weighted by Gasteiger charge is -2.42. The SMILES string of the molecule is CN=C(NCCCc1ccc(O)cc1)NCC1(CCOC)CCC1. The Bertz CT molecular complexity index is 510. The van der Waals surface area contributed by atoms with Gasteiger partial charge in [0.15, 0.2) is 5.96 Å². The van der Waals surface area contributed by atoms with Crippen molar-refractivity contribution in [2.45, 2.75) is 38.5 Å². The van der Waals surface area contributed by atoms with Gasteiger partial charge >= 0.3 is 0 Å². The van der Waals surface area contributed by atoms with Crippen molar-refractivity contribution < 1.29 is 9.84 Å². The van der Waals surface area contributed by atoms with Crippen LogP contribution in [-0.4, -0.2) is 44.9 Å². The maximum atomic E-state index is 9.29. The minimum absolute atomic E-state index is 0.319. The molecule has 1 fully saturated rings. The van der Waals surface area contributed by atoms with Gasteiger partial charge in [0.2, 0.25) is 0 Å². The number of hydrogen-bond acceptors (Lipinski definition) is 3. The number of nitrogens with one attached hydrogen (secondary N) is 2. The molecular formula is C19H31N3O2. The lowest BCUT2D eigenvalue weighted by atomic mass is 9.67. The summed E-state index contributed by atoms with van der Waals surface area (Å²) in [6.45, 7) is 2.68. The Morgan fingerprint density at radius 2 is 2.00 bits per heavy atom. The number of hydrogen-bond donors (Lipinski definition) is 3. The van der Waals surface area contributed by atoms with Crippen molar-refractivity contribution in [3.8, 4) is 5.75 Å². The second kappa shape index (κ2) is 9.52. The summed E-state index contributed by atoms with van der Waals surface area (Å²) in [7, 11) is 3.59. The van der Waals surface area contributed by atoms with E-state index in [1.165, 1.54) is 24.8 Å². The Hall–Kier alpha value is -1.75. The highest BCUT2D eigenvalue weighted by Gasteiger charge is 2.36. The van der Waals surface area contributed by atoms with Gasteiger partial charge in [0.1, 0.15) is 5.75 Å². The molecular weight excluding hydrogens is 302 g/mol. The number of aliphatic imine (C=N–C) groups is 1. The number of phenolic OH excluding ortho intramolecular Hbond substituents is 1. The average Bonchev–Trinajstić information content (AvgIpc) is 2.57. The fourth-order valence-electron chi connectivity index (χ4n) is 3.16. The summed E-state index contributed by atoms with van der Waals surface area (Å²) >= 11 is 0. The second-order valence-corrected chi connectivity index (χ2v) is 6.72. The van der Waals surface area contributed by atoms with E-state index in [2.05, 4.69) is 15.6 Å². The Kier molecular flexibility index (Phi) is 7.37. The van der Waals surface area contributed by atoms with E-state index in [-0.39, 0.29) is 0 Å². The lowest BCUT2D eigenvalue weighted by Crippen LogP contribution is -2.47. The predicted octanol–water partition coefficient (Wildman–Crippen LogP) is 2.70. The summed E-state index contributed by atoms with van der Waals surface area (Å²) < 4.78 is 5.25. The molecule has 0 aromatic heterocycles. The van der Waals surface area contributed by atoms with E-state index in [9.17, 15) is 5.11 Å². The molecule has 0 aliphatic heterocycles. The fourth-order valence-corrected chi connectivity index (χ4v) is 3.16. The van der Waals surface area contributed by atoms with Gasteiger partial charge in [-0.15, -0.1) is 0 Å². The Balaban J connectivity index is 1.66. The minimum atomic E-state index is 0.319. The van der Waals surface area contributed by atoms with Gasteiger partial charge in [-0.25, -0.2) is 0 Å². The molecule has 5 heteroatoms. The van der Waals surface area contributed by atoms with Crippen LogP contribution in [0.5, 0.6) is 5.75 Å². The molecule has 1 aromatic rings. The van der Waals surface area contributed by atoms with Crippen molar-refractivity contribution in [1.29, 1.82) is 0 Å². The van der Waals surface area contributed by atoms with Crippen LogP contribution in [0.15, 0.2) is 29.3 Å². The third-order valence-electron chi connectivity index (χ3n) is 4.98. The highest BCUT2D eigenvalue weighted by atomic mass is 16.5. The zero-order valence-corrected chi connectivity index (χ0v) is 15.0. The molecule has 0 unspecified atom stereocenters. The average molecular weight is 333 g/mol. The molecule has 1 saturated carbocycles. The first kappa shape index (κ1) is 18.6. The number of aryl methyl sites for hydroxylation is 1. The number of methoxy groups -OCH3 is 1. The topological polar surface area (TPSA) is 65.9 Å². The monoisotopic (exact) mass is 333 g/mol. The molecule has 0 radical (unpaired) electrons. The van der Waals surface area contributed by atoms with Crippen LogP contribution in [0.2, 0.25) is 0 Å². The number of benzene rings is 1. The Morgan fingerprint density at radius 1 is 1.25 bits per heavy atom. The van der Waals surface area contributed by atoms with E-state index < -0.39 is 0 Å². The molecule has 0 atom stereocenters. The summed E-state index contributed by atoms with van der Waals surface area (Å²) in [5.41, 5.74) is 1.63. The molecule has 1 aliphatic rings. The number of guanidine groups is 1. The van der Waals surface area contributed by atoms with Crippen LogP contribution < -0.4 is 10.6 Å². The van der Waals surface area contributed by atoms with Gasteiger partial charge < -0.3 is 20.5 Å². The van der Waals surface area contributed by atoms with E-state index >= 15 is 0 Å². The molecule has 1 aromatic carbocycles. The van der Waals surface area contributed by atoms with Crippen molar-refractivity contribution in [3.63, 3.8) is 0 Å². The first-order valence-corrected chi connectivity index (χ1v) is 8.89. The summed E-state index contributed by atoms with van der Waals surface area (Å²) in [6.07, 6.45) is 7.02. The van der Waals surface area contributed by atoms with Crippen molar-refractivity contribution in [2.75, 3.05) is 33.9 Å². The molecule has 5 nitrogen and oxygen atoms in total. The zero-order chi connectivity index (χ0) is 17.3. The maximum Gasteiger partial charge on any atom is 0.190 e. The smallest absolute Gasteiger partial charge is 0.190 e. The first-order chi connectivity index (χ1) is 11.7. The molecule has 3 N–H and O–H groups in total. The van der Waals surface area contributed by atoms with Gasteiger partial charge in [-0.1, -0.05) is 18.6 Å². The van der Waals surface area contributed by atoms with E-state index in [4.69, 9.17) is 4.74 Å². The van der Waals surface area contributed by atoms with Crippen molar-refractivity contribution in [2.24, 2.45) is 10.4 Å². The van der Waals surface area contributed by atoms with Gasteiger partial charge in [0.05, 0.1) is 0 Å². The van der Waals surface area contributed by atoms with Crippen molar-refractivity contribution >= 4 is 5.96 Å². The summed E-state index contributed by atoms with van der Waals surface area (Å²) in [5, 5.41) is 16.2. The lowest BCUT2D eigenvalue weighted by molar-refractivity contribution is 0.0732. The minimum Gasteiger partial charge on any atom is -0.508 e. The van der Waals surface area contributed by atoms with Crippen LogP contribution >= 0.6 is 0 Å². The van der Waals surface area contributed by atoms with E-state index in [0.29, 0.717) is 11.2 Å².